The highest BCUT2D eigenvalue weighted by Gasteiger charge is 2.17. The van der Waals surface area contributed by atoms with E-state index in [4.69, 9.17) is 20.2 Å². The summed E-state index contributed by atoms with van der Waals surface area (Å²) < 4.78 is 13.3. The Balaban J connectivity index is 1.92. The van der Waals surface area contributed by atoms with Gasteiger partial charge in [-0.1, -0.05) is 6.07 Å². The monoisotopic (exact) mass is 295 g/mol. The lowest BCUT2D eigenvalue weighted by Crippen LogP contribution is -2.15. The zero-order chi connectivity index (χ0) is 15.1. The molecule has 0 aliphatic carbocycles. The molecule has 1 aliphatic heterocycles. The molecule has 1 aliphatic rings. The molecule has 5 heteroatoms. The van der Waals surface area contributed by atoms with Crippen molar-refractivity contribution in [2.24, 2.45) is 5.73 Å². The Hall–Kier alpha value is -2.53. The average molecular weight is 295 g/mol. The average Bonchev–Trinajstić information content (AvgIpc) is 2.94. The lowest BCUT2D eigenvalue weighted by molar-refractivity contribution is 0.171. The molecule has 112 valence electrons. The van der Waals surface area contributed by atoms with Gasteiger partial charge in [-0.2, -0.15) is 0 Å². The van der Waals surface area contributed by atoms with Gasteiger partial charge in [-0.15, -0.1) is 0 Å². The van der Waals surface area contributed by atoms with Gasteiger partial charge in [-0.05, 0) is 36.8 Å². The number of hydrogen-bond donors (Lipinski definition) is 1. The molecular formula is C17H17N3O2. The Morgan fingerprint density at radius 2 is 2.00 bits per heavy atom. The van der Waals surface area contributed by atoms with Crippen molar-refractivity contribution in [2.45, 2.75) is 13.5 Å². The van der Waals surface area contributed by atoms with E-state index >= 15 is 0 Å². The Morgan fingerprint density at radius 1 is 1.18 bits per heavy atom. The Morgan fingerprint density at radius 3 is 2.82 bits per heavy atom. The molecule has 5 nitrogen and oxygen atoms in total. The number of hydrogen-bond acceptors (Lipinski definition) is 4. The summed E-state index contributed by atoms with van der Waals surface area (Å²) in [6.07, 6.45) is 2.00. The van der Waals surface area contributed by atoms with Crippen molar-refractivity contribution >= 4 is 5.65 Å². The maximum Gasteiger partial charge on any atom is 0.162 e. The molecule has 0 saturated carbocycles. The van der Waals surface area contributed by atoms with Gasteiger partial charge >= 0.3 is 0 Å². The molecular weight excluding hydrogens is 278 g/mol. The summed E-state index contributed by atoms with van der Waals surface area (Å²) in [4.78, 5) is 4.79. The number of ether oxygens (including phenoxy) is 2. The third kappa shape index (κ3) is 1.94. The SMILES string of the molecule is Cc1cccn2c(CN)c(-c3ccc4c(c3)OCCO4)nc12. The zero-order valence-electron chi connectivity index (χ0n) is 12.4. The topological polar surface area (TPSA) is 61.8 Å². The molecule has 0 bridgehead atoms. The van der Waals surface area contributed by atoms with E-state index in [1.807, 2.05) is 30.5 Å². The highest BCUT2D eigenvalue weighted by atomic mass is 16.6. The van der Waals surface area contributed by atoms with Crippen molar-refractivity contribution in [1.29, 1.82) is 0 Å². The van der Waals surface area contributed by atoms with Crippen LogP contribution in [0.1, 0.15) is 11.3 Å². The summed E-state index contributed by atoms with van der Waals surface area (Å²) in [6.45, 7) is 3.64. The van der Waals surface area contributed by atoms with Crippen molar-refractivity contribution < 1.29 is 9.47 Å². The maximum atomic E-state index is 5.97. The molecule has 2 aromatic heterocycles. The van der Waals surface area contributed by atoms with Crippen LogP contribution in [0.2, 0.25) is 0 Å². The highest BCUT2D eigenvalue weighted by Crippen LogP contribution is 2.35. The summed E-state index contributed by atoms with van der Waals surface area (Å²) in [6, 6.07) is 9.97. The molecule has 0 atom stereocenters. The van der Waals surface area contributed by atoms with Crippen LogP contribution in [0.4, 0.5) is 0 Å². The van der Waals surface area contributed by atoms with E-state index in [0.29, 0.717) is 19.8 Å². The molecule has 2 N–H and O–H groups in total. The van der Waals surface area contributed by atoms with Crippen LogP contribution < -0.4 is 15.2 Å². The molecule has 3 aromatic rings. The summed E-state index contributed by atoms with van der Waals surface area (Å²) in [5.74, 6) is 1.55. The second kappa shape index (κ2) is 5.03. The molecule has 22 heavy (non-hydrogen) atoms. The van der Waals surface area contributed by atoms with Gasteiger partial charge in [0.15, 0.2) is 11.5 Å². The summed E-state index contributed by atoms with van der Waals surface area (Å²) in [7, 11) is 0. The standard InChI is InChI=1S/C17H17N3O2/c1-11-3-2-6-20-13(10-18)16(19-17(11)20)12-4-5-14-15(9-12)22-8-7-21-14/h2-6,9H,7-8,10,18H2,1H3. The van der Waals surface area contributed by atoms with E-state index in [0.717, 1.165) is 39.7 Å². The van der Waals surface area contributed by atoms with Gasteiger partial charge in [0.2, 0.25) is 0 Å². The number of pyridine rings is 1. The number of imidazole rings is 1. The first kappa shape index (κ1) is 13.2. The minimum Gasteiger partial charge on any atom is -0.486 e. The van der Waals surface area contributed by atoms with Crippen LogP contribution in [0, 0.1) is 6.92 Å². The van der Waals surface area contributed by atoms with Crippen molar-refractivity contribution in [3.05, 3.63) is 47.8 Å². The number of benzene rings is 1. The number of rotatable bonds is 2. The van der Waals surface area contributed by atoms with Crippen molar-refractivity contribution in [3.63, 3.8) is 0 Å². The Bertz CT molecular complexity index is 854. The van der Waals surface area contributed by atoms with Crippen molar-refractivity contribution in [1.82, 2.24) is 9.38 Å². The van der Waals surface area contributed by atoms with Gasteiger partial charge < -0.3 is 19.6 Å². The predicted molar refractivity (Wildman–Crippen MR) is 84.2 cm³/mol. The largest absolute Gasteiger partial charge is 0.486 e. The third-order valence-corrected chi connectivity index (χ3v) is 3.95. The van der Waals surface area contributed by atoms with Crippen LogP contribution in [0.25, 0.3) is 16.9 Å². The predicted octanol–water partition coefficient (Wildman–Crippen LogP) is 2.54. The zero-order valence-corrected chi connectivity index (χ0v) is 12.4. The van der Waals surface area contributed by atoms with Crippen LogP contribution >= 0.6 is 0 Å². The summed E-state index contributed by atoms with van der Waals surface area (Å²) >= 11 is 0. The number of aromatic nitrogens is 2. The molecule has 1 aromatic carbocycles. The van der Waals surface area contributed by atoms with Gasteiger partial charge in [0.1, 0.15) is 18.9 Å². The van der Waals surface area contributed by atoms with Crippen molar-refractivity contribution in [2.75, 3.05) is 13.2 Å². The van der Waals surface area contributed by atoms with E-state index in [2.05, 4.69) is 17.4 Å². The van der Waals surface area contributed by atoms with Crippen LogP contribution in [-0.4, -0.2) is 22.6 Å². The maximum absolute atomic E-state index is 5.97. The second-order valence-corrected chi connectivity index (χ2v) is 5.35. The molecule has 0 unspecified atom stereocenters. The molecule has 4 rings (SSSR count). The van der Waals surface area contributed by atoms with Crippen LogP contribution in [-0.2, 0) is 6.54 Å². The minimum absolute atomic E-state index is 0.425. The van der Waals surface area contributed by atoms with Gasteiger partial charge in [0.05, 0.1) is 11.4 Å². The van der Waals surface area contributed by atoms with Gasteiger partial charge in [0.25, 0.3) is 0 Å². The van der Waals surface area contributed by atoms with E-state index in [-0.39, 0.29) is 0 Å². The number of nitrogens with two attached hydrogens (primary N) is 1. The fourth-order valence-corrected chi connectivity index (χ4v) is 2.87. The first-order chi connectivity index (χ1) is 10.8. The Labute approximate surface area is 128 Å². The molecule has 0 fully saturated rings. The van der Waals surface area contributed by atoms with Gasteiger partial charge in [-0.3, -0.25) is 0 Å². The quantitative estimate of drug-likeness (QED) is 0.789. The molecule has 3 heterocycles. The Kier molecular flexibility index (Phi) is 3.01. The fourth-order valence-electron chi connectivity index (χ4n) is 2.87. The van der Waals surface area contributed by atoms with Crippen LogP contribution in [0.5, 0.6) is 11.5 Å². The first-order valence-corrected chi connectivity index (χ1v) is 7.34. The van der Waals surface area contributed by atoms with Crippen LogP contribution in [0.15, 0.2) is 36.5 Å². The fraction of sp³-hybridized carbons (Fsp3) is 0.235. The smallest absolute Gasteiger partial charge is 0.162 e. The summed E-state index contributed by atoms with van der Waals surface area (Å²) in [5, 5.41) is 0. The lowest BCUT2D eigenvalue weighted by atomic mass is 10.1. The number of aryl methyl sites for hydroxylation is 1. The van der Waals surface area contributed by atoms with Gasteiger partial charge in [0, 0.05) is 18.3 Å². The first-order valence-electron chi connectivity index (χ1n) is 7.34. The number of nitrogens with zero attached hydrogens (tertiary/aromatic N) is 2. The summed E-state index contributed by atoms with van der Waals surface area (Å²) in [5.41, 5.74) is 10.9. The van der Waals surface area contributed by atoms with Crippen LogP contribution in [0.3, 0.4) is 0 Å². The van der Waals surface area contributed by atoms with E-state index < -0.39 is 0 Å². The van der Waals surface area contributed by atoms with E-state index in [1.165, 1.54) is 0 Å². The minimum atomic E-state index is 0.425. The normalized spacial score (nSPS) is 13.5. The lowest BCUT2D eigenvalue weighted by Gasteiger charge is -2.18. The number of fused-ring (bicyclic) bond motifs is 2. The highest BCUT2D eigenvalue weighted by molar-refractivity contribution is 5.70. The molecule has 0 radical (unpaired) electrons. The van der Waals surface area contributed by atoms with E-state index in [9.17, 15) is 0 Å². The van der Waals surface area contributed by atoms with Gasteiger partial charge in [-0.25, -0.2) is 4.98 Å². The molecule has 0 saturated heterocycles. The van der Waals surface area contributed by atoms with Crippen molar-refractivity contribution in [3.8, 4) is 22.8 Å². The van der Waals surface area contributed by atoms with E-state index in [1.54, 1.807) is 0 Å². The third-order valence-electron chi connectivity index (χ3n) is 3.95. The molecule has 0 amide bonds. The second-order valence-electron chi connectivity index (χ2n) is 5.35. The molecule has 0 spiro atoms.